The van der Waals surface area contributed by atoms with Gasteiger partial charge in [-0.1, -0.05) is 6.92 Å². The van der Waals surface area contributed by atoms with E-state index in [0.29, 0.717) is 0 Å². The van der Waals surface area contributed by atoms with Gasteiger partial charge < -0.3 is 0 Å². The monoisotopic (exact) mass is 242 g/mol. The maximum absolute atomic E-state index is 4.48. The van der Waals surface area contributed by atoms with Crippen molar-refractivity contribution < 1.29 is 0 Å². The second-order valence-electron chi connectivity index (χ2n) is 4.79. The topological polar surface area (TPSA) is 44.8 Å². The highest BCUT2D eigenvalue weighted by Crippen LogP contribution is 2.27. The summed E-state index contributed by atoms with van der Waals surface area (Å²) in [6, 6.07) is 4.05. The molecule has 94 valence electrons. The molecule has 1 aliphatic rings. The zero-order chi connectivity index (χ0) is 12.4. The van der Waals surface area contributed by atoms with Crippen LogP contribution in [0.5, 0.6) is 0 Å². The van der Waals surface area contributed by atoms with E-state index in [0.717, 1.165) is 30.8 Å². The first-order valence-corrected chi connectivity index (χ1v) is 6.57. The number of nitrogens with one attached hydrogen (secondary N) is 1. The van der Waals surface area contributed by atoms with Crippen molar-refractivity contribution in [1.82, 2.24) is 20.1 Å². The highest BCUT2D eigenvalue weighted by atomic mass is 15.2. The standard InChI is InChI=1S/C14H18N4/c1-2-8-18-9-5-13-12(10-18)14(17-16-13)11-3-6-15-7-4-11/h3-4,6-7H,2,5,8-10H2,1H3,(H,16,17). The van der Waals surface area contributed by atoms with Gasteiger partial charge in [0.25, 0.3) is 0 Å². The molecule has 2 aromatic rings. The van der Waals surface area contributed by atoms with E-state index in [1.165, 1.54) is 24.2 Å². The number of fused-ring (bicyclic) bond motifs is 1. The molecule has 3 heterocycles. The van der Waals surface area contributed by atoms with Crippen LogP contribution in [0.2, 0.25) is 0 Å². The summed E-state index contributed by atoms with van der Waals surface area (Å²) in [6.45, 7) is 5.55. The number of hydrogen-bond donors (Lipinski definition) is 1. The van der Waals surface area contributed by atoms with Crippen LogP contribution >= 0.6 is 0 Å². The number of aromatic nitrogens is 3. The predicted octanol–water partition coefficient (Wildman–Crippen LogP) is 2.24. The van der Waals surface area contributed by atoms with Gasteiger partial charge in [0.2, 0.25) is 0 Å². The molecule has 1 N–H and O–H groups in total. The smallest absolute Gasteiger partial charge is 0.0969 e. The minimum atomic E-state index is 1.01. The van der Waals surface area contributed by atoms with Crippen LogP contribution in [0.1, 0.15) is 24.6 Å². The fourth-order valence-electron chi connectivity index (χ4n) is 2.61. The van der Waals surface area contributed by atoms with Crippen molar-refractivity contribution in [3.05, 3.63) is 35.8 Å². The summed E-state index contributed by atoms with van der Waals surface area (Å²) in [5, 5.41) is 7.67. The minimum Gasteiger partial charge on any atom is -0.299 e. The van der Waals surface area contributed by atoms with E-state index in [1.807, 2.05) is 24.5 Å². The summed E-state index contributed by atoms with van der Waals surface area (Å²) < 4.78 is 0. The van der Waals surface area contributed by atoms with Gasteiger partial charge in [0.05, 0.1) is 5.69 Å². The number of aromatic amines is 1. The average Bonchev–Trinajstić information content (AvgIpc) is 2.83. The summed E-state index contributed by atoms with van der Waals surface area (Å²) in [7, 11) is 0. The molecule has 2 aromatic heterocycles. The predicted molar refractivity (Wildman–Crippen MR) is 71.1 cm³/mol. The lowest BCUT2D eigenvalue weighted by Gasteiger charge is -2.26. The molecular weight excluding hydrogens is 224 g/mol. The van der Waals surface area contributed by atoms with Crippen molar-refractivity contribution in [2.24, 2.45) is 0 Å². The lowest BCUT2D eigenvalue weighted by Crippen LogP contribution is -2.31. The second kappa shape index (κ2) is 4.90. The van der Waals surface area contributed by atoms with E-state index in [1.54, 1.807) is 0 Å². The first-order valence-electron chi connectivity index (χ1n) is 6.57. The van der Waals surface area contributed by atoms with E-state index < -0.39 is 0 Å². The molecule has 0 amide bonds. The van der Waals surface area contributed by atoms with Crippen molar-refractivity contribution in [3.8, 4) is 11.3 Å². The molecule has 0 aromatic carbocycles. The van der Waals surface area contributed by atoms with Crippen molar-refractivity contribution in [2.75, 3.05) is 13.1 Å². The van der Waals surface area contributed by atoms with Crippen LogP contribution in [0, 0.1) is 0 Å². The Morgan fingerprint density at radius 3 is 2.94 bits per heavy atom. The van der Waals surface area contributed by atoms with Gasteiger partial charge in [-0.15, -0.1) is 0 Å². The molecule has 0 unspecified atom stereocenters. The normalized spacial score (nSPS) is 15.6. The maximum atomic E-state index is 4.48. The molecular formula is C14H18N4. The van der Waals surface area contributed by atoms with Crippen molar-refractivity contribution in [3.63, 3.8) is 0 Å². The Kier molecular flexibility index (Phi) is 3.11. The number of hydrogen-bond acceptors (Lipinski definition) is 3. The molecule has 4 nitrogen and oxygen atoms in total. The van der Waals surface area contributed by atoms with Gasteiger partial charge in [0.1, 0.15) is 0 Å². The lowest BCUT2D eigenvalue weighted by molar-refractivity contribution is 0.254. The van der Waals surface area contributed by atoms with Crippen LogP contribution < -0.4 is 0 Å². The maximum Gasteiger partial charge on any atom is 0.0969 e. The van der Waals surface area contributed by atoms with Crippen LogP contribution in [0.3, 0.4) is 0 Å². The van der Waals surface area contributed by atoms with Crippen molar-refractivity contribution in [2.45, 2.75) is 26.3 Å². The molecule has 0 aliphatic carbocycles. The highest BCUT2D eigenvalue weighted by molar-refractivity contribution is 5.63. The first-order chi connectivity index (χ1) is 8.88. The van der Waals surface area contributed by atoms with Gasteiger partial charge in [-0.05, 0) is 25.1 Å². The van der Waals surface area contributed by atoms with Crippen LogP contribution in [0.4, 0.5) is 0 Å². The number of nitrogens with zero attached hydrogens (tertiary/aromatic N) is 3. The van der Waals surface area contributed by atoms with Crippen LogP contribution in [0.25, 0.3) is 11.3 Å². The highest BCUT2D eigenvalue weighted by Gasteiger charge is 2.21. The third-order valence-corrected chi connectivity index (χ3v) is 3.51. The largest absolute Gasteiger partial charge is 0.299 e. The molecule has 0 bridgehead atoms. The van der Waals surface area contributed by atoms with Crippen molar-refractivity contribution >= 4 is 0 Å². The van der Waals surface area contributed by atoms with E-state index in [2.05, 4.69) is 27.0 Å². The molecule has 1 aliphatic heterocycles. The van der Waals surface area contributed by atoms with Gasteiger partial charge in [0, 0.05) is 48.7 Å². The summed E-state index contributed by atoms with van der Waals surface area (Å²) in [5.74, 6) is 0. The summed E-state index contributed by atoms with van der Waals surface area (Å²) in [5.41, 5.74) is 4.91. The molecule has 0 spiro atoms. The van der Waals surface area contributed by atoms with Gasteiger partial charge >= 0.3 is 0 Å². The molecule has 18 heavy (non-hydrogen) atoms. The van der Waals surface area contributed by atoms with E-state index in [4.69, 9.17) is 0 Å². The van der Waals surface area contributed by atoms with Crippen LogP contribution in [-0.4, -0.2) is 33.2 Å². The molecule has 3 rings (SSSR count). The summed E-state index contributed by atoms with van der Waals surface area (Å²) in [4.78, 5) is 6.57. The van der Waals surface area contributed by atoms with Crippen molar-refractivity contribution in [1.29, 1.82) is 0 Å². The Morgan fingerprint density at radius 1 is 1.33 bits per heavy atom. The Morgan fingerprint density at radius 2 is 2.17 bits per heavy atom. The number of H-pyrrole nitrogens is 1. The SMILES string of the molecule is CCCN1CCc2[nH]nc(-c3ccncc3)c2C1. The summed E-state index contributed by atoms with van der Waals surface area (Å²) >= 11 is 0. The average molecular weight is 242 g/mol. The fourth-order valence-corrected chi connectivity index (χ4v) is 2.61. The third kappa shape index (κ3) is 2.04. The molecule has 0 radical (unpaired) electrons. The van der Waals surface area contributed by atoms with E-state index in [9.17, 15) is 0 Å². The molecule has 0 atom stereocenters. The van der Waals surface area contributed by atoms with Gasteiger partial charge in [-0.25, -0.2) is 0 Å². The molecule has 0 fully saturated rings. The Labute approximate surface area is 107 Å². The van der Waals surface area contributed by atoms with Gasteiger partial charge in [0.15, 0.2) is 0 Å². The Bertz CT molecular complexity index is 518. The van der Waals surface area contributed by atoms with Gasteiger partial charge in [-0.3, -0.25) is 15.0 Å². The van der Waals surface area contributed by atoms with E-state index in [-0.39, 0.29) is 0 Å². The number of rotatable bonds is 3. The third-order valence-electron chi connectivity index (χ3n) is 3.51. The Hall–Kier alpha value is -1.68. The Balaban J connectivity index is 1.93. The summed E-state index contributed by atoms with van der Waals surface area (Å²) in [6.07, 6.45) is 5.93. The second-order valence-corrected chi connectivity index (χ2v) is 4.79. The van der Waals surface area contributed by atoms with Gasteiger partial charge in [-0.2, -0.15) is 5.10 Å². The zero-order valence-corrected chi connectivity index (χ0v) is 10.7. The fraction of sp³-hybridized carbons (Fsp3) is 0.429. The molecule has 0 saturated heterocycles. The molecule has 0 saturated carbocycles. The first kappa shape index (κ1) is 11.4. The number of pyridine rings is 1. The van der Waals surface area contributed by atoms with Crippen LogP contribution in [0.15, 0.2) is 24.5 Å². The lowest BCUT2D eigenvalue weighted by atomic mass is 10.0. The molecule has 4 heteroatoms. The minimum absolute atomic E-state index is 1.01. The van der Waals surface area contributed by atoms with Crippen LogP contribution in [-0.2, 0) is 13.0 Å². The van der Waals surface area contributed by atoms with E-state index >= 15 is 0 Å². The zero-order valence-electron chi connectivity index (χ0n) is 10.7. The quantitative estimate of drug-likeness (QED) is 0.897.